The van der Waals surface area contributed by atoms with Crippen molar-refractivity contribution in [1.29, 1.82) is 0 Å². The third kappa shape index (κ3) is 6.29. The highest BCUT2D eigenvalue weighted by Crippen LogP contribution is 2.29. The Hall–Kier alpha value is -3.06. The second-order valence-corrected chi connectivity index (χ2v) is 9.21. The lowest BCUT2D eigenvalue weighted by molar-refractivity contribution is 0.0949. The smallest absolute Gasteiger partial charge is 0.319 e. The van der Waals surface area contributed by atoms with E-state index in [0.29, 0.717) is 24.4 Å². The molecule has 3 amide bonds. The lowest BCUT2D eigenvalue weighted by Crippen LogP contribution is -2.39. The molecule has 0 bridgehead atoms. The monoisotopic (exact) mass is 464 g/mol. The molecule has 0 radical (unpaired) electrons. The average molecular weight is 465 g/mol. The maximum Gasteiger partial charge on any atom is 0.319 e. The van der Waals surface area contributed by atoms with Crippen LogP contribution in [0.5, 0.6) is 0 Å². The molecule has 0 saturated heterocycles. The number of nitrogens with one attached hydrogen (secondary N) is 3. The third-order valence-corrected chi connectivity index (χ3v) is 6.72. The van der Waals surface area contributed by atoms with Crippen LogP contribution in [-0.2, 0) is 17.7 Å². The highest BCUT2D eigenvalue weighted by molar-refractivity contribution is 6.02. The minimum atomic E-state index is -0.210. The number of nitrogens with zero attached hydrogens (tertiary/aromatic N) is 1. The number of hydrogen-bond acceptors (Lipinski definition) is 4. The molecule has 2 aromatic rings. The quantitative estimate of drug-likeness (QED) is 0.504. The zero-order valence-electron chi connectivity index (χ0n) is 20.1. The van der Waals surface area contributed by atoms with Gasteiger partial charge in [0.25, 0.3) is 5.91 Å². The molecule has 1 heterocycles. The molecule has 0 unspecified atom stereocenters. The Labute approximate surface area is 202 Å². The minimum Gasteiger partial charge on any atom is -0.385 e. The normalized spacial score (nSPS) is 16.0. The molecule has 4 rings (SSSR count). The molecule has 7 heteroatoms. The molecule has 2 aliphatic rings. The summed E-state index contributed by atoms with van der Waals surface area (Å²) < 4.78 is 5.09. The van der Waals surface area contributed by atoms with Crippen LogP contribution >= 0.6 is 0 Å². The van der Waals surface area contributed by atoms with Gasteiger partial charge in [-0.05, 0) is 55.0 Å². The van der Waals surface area contributed by atoms with Gasteiger partial charge in [-0.25, -0.2) is 4.79 Å². The van der Waals surface area contributed by atoms with E-state index in [1.807, 2.05) is 12.1 Å². The van der Waals surface area contributed by atoms with Gasteiger partial charge in [-0.3, -0.25) is 4.79 Å². The van der Waals surface area contributed by atoms with Crippen LogP contribution in [0.15, 0.2) is 42.5 Å². The van der Waals surface area contributed by atoms with E-state index in [4.69, 9.17) is 4.74 Å². The number of urea groups is 1. The van der Waals surface area contributed by atoms with Crippen molar-refractivity contribution in [3.05, 3.63) is 59.2 Å². The fourth-order valence-corrected chi connectivity index (χ4v) is 4.89. The van der Waals surface area contributed by atoms with Crippen LogP contribution in [-0.4, -0.2) is 44.8 Å². The van der Waals surface area contributed by atoms with Gasteiger partial charge in [0.1, 0.15) is 0 Å². The molecule has 1 aliphatic carbocycles. The van der Waals surface area contributed by atoms with Gasteiger partial charge < -0.3 is 25.6 Å². The van der Waals surface area contributed by atoms with Crippen molar-refractivity contribution in [2.24, 2.45) is 0 Å². The Morgan fingerprint density at radius 1 is 1.06 bits per heavy atom. The SMILES string of the molecule is COCCCNC(=O)c1cc(NC(=O)NC2CCCCC2)ccc1N1CCc2ccccc2C1. The summed E-state index contributed by atoms with van der Waals surface area (Å²) in [6, 6.07) is 14.1. The maximum absolute atomic E-state index is 13.2. The first-order valence-corrected chi connectivity index (χ1v) is 12.4. The van der Waals surface area contributed by atoms with Crippen LogP contribution in [0.4, 0.5) is 16.2 Å². The number of rotatable bonds is 8. The second kappa shape index (κ2) is 11.9. The van der Waals surface area contributed by atoms with Crippen molar-refractivity contribution in [2.45, 2.75) is 57.5 Å². The Morgan fingerprint density at radius 3 is 2.65 bits per heavy atom. The first-order valence-electron chi connectivity index (χ1n) is 12.4. The summed E-state index contributed by atoms with van der Waals surface area (Å²) >= 11 is 0. The number of amides is 3. The number of carbonyl (C=O) groups excluding carboxylic acids is 2. The number of ether oxygens (including phenoxy) is 1. The first-order chi connectivity index (χ1) is 16.6. The van der Waals surface area contributed by atoms with E-state index in [2.05, 4.69) is 45.1 Å². The molecule has 34 heavy (non-hydrogen) atoms. The van der Waals surface area contributed by atoms with Crippen molar-refractivity contribution >= 4 is 23.3 Å². The molecule has 2 aromatic carbocycles. The molecule has 1 aliphatic heterocycles. The average Bonchev–Trinajstić information content (AvgIpc) is 2.86. The highest BCUT2D eigenvalue weighted by Gasteiger charge is 2.22. The van der Waals surface area contributed by atoms with Crippen LogP contribution < -0.4 is 20.9 Å². The van der Waals surface area contributed by atoms with Crippen LogP contribution in [0.25, 0.3) is 0 Å². The molecule has 7 nitrogen and oxygen atoms in total. The van der Waals surface area contributed by atoms with Gasteiger partial charge in [-0.2, -0.15) is 0 Å². The van der Waals surface area contributed by atoms with Gasteiger partial charge in [-0.15, -0.1) is 0 Å². The topological polar surface area (TPSA) is 82.7 Å². The summed E-state index contributed by atoms with van der Waals surface area (Å²) in [5.74, 6) is -0.138. The number of carbonyl (C=O) groups is 2. The fraction of sp³-hybridized carbons (Fsp3) is 0.481. The Morgan fingerprint density at radius 2 is 1.85 bits per heavy atom. The van der Waals surface area contributed by atoms with Crippen molar-refractivity contribution < 1.29 is 14.3 Å². The Bertz CT molecular complexity index is 988. The van der Waals surface area contributed by atoms with Gasteiger partial charge in [0, 0.05) is 50.8 Å². The molecule has 0 spiro atoms. The lowest BCUT2D eigenvalue weighted by Gasteiger charge is -2.32. The predicted molar refractivity (Wildman–Crippen MR) is 135 cm³/mol. The molecule has 3 N–H and O–H groups in total. The van der Waals surface area contributed by atoms with Crippen LogP contribution in [0, 0.1) is 0 Å². The van der Waals surface area contributed by atoms with Crippen molar-refractivity contribution in [3.63, 3.8) is 0 Å². The van der Waals surface area contributed by atoms with E-state index in [1.54, 1.807) is 13.2 Å². The predicted octanol–water partition coefficient (Wildman–Crippen LogP) is 4.47. The van der Waals surface area contributed by atoms with E-state index in [-0.39, 0.29) is 18.0 Å². The lowest BCUT2D eigenvalue weighted by atomic mass is 9.96. The largest absolute Gasteiger partial charge is 0.385 e. The molecule has 1 fully saturated rings. The number of methoxy groups -OCH3 is 1. The molecular weight excluding hydrogens is 428 g/mol. The van der Waals surface area contributed by atoms with Gasteiger partial charge in [0.2, 0.25) is 0 Å². The molecular formula is C27H36N4O3. The molecule has 0 aromatic heterocycles. The summed E-state index contributed by atoms with van der Waals surface area (Å²) in [6.07, 6.45) is 7.30. The zero-order chi connectivity index (χ0) is 23.8. The number of hydrogen-bond donors (Lipinski definition) is 3. The molecule has 0 atom stereocenters. The van der Waals surface area contributed by atoms with Crippen LogP contribution in [0.3, 0.4) is 0 Å². The van der Waals surface area contributed by atoms with Crippen molar-refractivity contribution in [1.82, 2.24) is 10.6 Å². The number of benzene rings is 2. The van der Waals surface area contributed by atoms with Gasteiger partial charge in [0.15, 0.2) is 0 Å². The number of anilines is 2. The minimum absolute atomic E-state index is 0.138. The number of fused-ring (bicyclic) bond motifs is 1. The van der Waals surface area contributed by atoms with E-state index >= 15 is 0 Å². The summed E-state index contributed by atoms with van der Waals surface area (Å²) in [5.41, 5.74) is 4.73. The van der Waals surface area contributed by atoms with E-state index in [9.17, 15) is 9.59 Å². The third-order valence-electron chi connectivity index (χ3n) is 6.72. The maximum atomic E-state index is 13.2. The van der Waals surface area contributed by atoms with Gasteiger partial charge in [-0.1, -0.05) is 43.5 Å². The zero-order valence-corrected chi connectivity index (χ0v) is 20.1. The molecule has 1 saturated carbocycles. The van der Waals surface area contributed by atoms with Crippen LogP contribution in [0.1, 0.15) is 60.0 Å². The van der Waals surface area contributed by atoms with Gasteiger partial charge in [0.05, 0.1) is 5.56 Å². The summed E-state index contributed by atoms with van der Waals surface area (Å²) in [5, 5.41) is 9.02. The van der Waals surface area contributed by atoms with E-state index < -0.39 is 0 Å². The van der Waals surface area contributed by atoms with E-state index in [1.165, 1.54) is 17.5 Å². The summed E-state index contributed by atoms with van der Waals surface area (Å²) in [6.45, 7) is 2.73. The van der Waals surface area contributed by atoms with Crippen molar-refractivity contribution in [3.8, 4) is 0 Å². The van der Waals surface area contributed by atoms with Gasteiger partial charge >= 0.3 is 6.03 Å². The van der Waals surface area contributed by atoms with Crippen LogP contribution in [0.2, 0.25) is 0 Å². The molecule has 182 valence electrons. The second-order valence-electron chi connectivity index (χ2n) is 9.21. The highest BCUT2D eigenvalue weighted by atomic mass is 16.5. The summed E-state index contributed by atoms with van der Waals surface area (Å²) in [4.78, 5) is 28.0. The first kappa shape index (κ1) is 24.1. The van der Waals surface area contributed by atoms with Crippen molar-refractivity contribution in [2.75, 3.05) is 37.0 Å². The standard InChI is InChI=1S/C27H36N4O3/c1-34-17-7-15-28-26(32)24-18-23(30-27(33)29-22-10-3-2-4-11-22)12-13-25(24)31-16-14-20-8-5-6-9-21(20)19-31/h5-6,8-9,12-13,18,22H,2-4,7,10-11,14-17,19H2,1H3,(H,28,32)(H2,29,30,33). The van der Waals surface area contributed by atoms with E-state index in [0.717, 1.165) is 57.3 Å². The fourth-order valence-electron chi connectivity index (χ4n) is 4.89. The Balaban J connectivity index is 1.50. The summed E-state index contributed by atoms with van der Waals surface area (Å²) in [7, 11) is 1.65. The Kier molecular flexibility index (Phi) is 8.41.